The number of carboxylic acid groups (broad SMARTS) is 1. The Hall–Kier alpha value is -1.67. The van der Waals surface area contributed by atoms with Crippen molar-refractivity contribution in [3.63, 3.8) is 0 Å². The van der Waals surface area contributed by atoms with E-state index in [0.717, 1.165) is 10.7 Å². The van der Waals surface area contributed by atoms with Gasteiger partial charge in [0.15, 0.2) is 0 Å². The Morgan fingerprint density at radius 2 is 2.38 bits per heavy atom. The smallest absolute Gasteiger partial charge is 0.315 e. The number of nitrogens with one attached hydrogen (secondary N) is 2. The number of carboxylic acids is 1. The van der Waals surface area contributed by atoms with Crippen molar-refractivity contribution in [2.45, 2.75) is 26.3 Å². The predicted octanol–water partition coefficient (Wildman–Crippen LogP) is 0.783. The minimum absolute atomic E-state index is 0.103. The quantitative estimate of drug-likeness (QED) is 0.746. The van der Waals surface area contributed by atoms with Gasteiger partial charge in [-0.15, -0.1) is 11.3 Å². The molecule has 1 saturated heterocycles. The highest BCUT2D eigenvalue weighted by atomic mass is 32.1. The van der Waals surface area contributed by atoms with Crippen molar-refractivity contribution in [2.24, 2.45) is 5.41 Å². The van der Waals surface area contributed by atoms with Gasteiger partial charge in [0.05, 0.1) is 24.3 Å². The Labute approximate surface area is 126 Å². The summed E-state index contributed by atoms with van der Waals surface area (Å²) >= 11 is 1.56. The van der Waals surface area contributed by atoms with Gasteiger partial charge in [-0.3, -0.25) is 4.79 Å². The Bertz CT molecular complexity index is 533. The number of nitrogens with zero attached hydrogens (tertiary/aromatic N) is 1. The van der Waals surface area contributed by atoms with Crippen LogP contribution in [0.15, 0.2) is 5.38 Å². The average Bonchev–Trinajstić information content (AvgIpc) is 2.98. The zero-order chi connectivity index (χ0) is 15.5. The molecule has 2 heterocycles. The van der Waals surface area contributed by atoms with Gasteiger partial charge >= 0.3 is 12.0 Å². The third-order valence-corrected chi connectivity index (χ3v) is 4.57. The molecule has 0 aromatic carbocycles. The highest BCUT2D eigenvalue weighted by molar-refractivity contribution is 7.09. The first-order valence-electron chi connectivity index (χ1n) is 6.68. The number of thiazole rings is 1. The SMILES string of the molecule is Cc1csc(CCNC(=O)NC2COCC2(C)C(=O)O)n1. The molecule has 2 amide bonds. The lowest BCUT2D eigenvalue weighted by molar-refractivity contribution is -0.148. The normalized spacial score (nSPS) is 24.8. The van der Waals surface area contributed by atoms with E-state index in [-0.39, 0.29) is 19.2 Å². The van der Waals surface area contributed by atoms with E-state index in [9.17, 15) is 14.7 Å². The zero-order valence-corrected chi connectivity index (χ0v) is 12.8. The van der Waals surface area contributed by atoms with Crippen LogP contribution in [-0.4, -0.2) is 47.9 Å². The van der Waals surface area contributed by atoms with Crippen LogP contribution >= 0.6 is 11.3 Å². The molecule has 0 radical (unpaired) electrons. The van der Waals surface area contributed by atoms with E-state index in [1.807, 2.05) is 12.3 Å². The lowest BCUT2D eigenvalue weighted by atomic mass is 9.85. The summed E-state index contributed by atoms with van der Waals surface area (Å²) in [6.07, 6.45) is 0.656. The molecule has 1 fully saturated rings. The van der Waals surface area contributed by atoms with Crippen LogP contribution in [0.25, 0.3) is 0 Å². The van der Waals surface area contributed by atoms with Crippen LogP contribution in [0, 0.1) is 12.3 Å². The summed E-state index contributed by atoms with van der Waals surface area (Å²) in [5, 5.41) is 17.5. The number of ether oxygens (including phenoxy) is 1. The first kappa shape index (κ1) is 15.7. The molecule has 1 aliphatic rings. The van der Waals surface area contributed by atoms with E-state index in [2.05, 4.69) is 15.6 Å². The van der Waals surface area contributed by atoms with Crippen LogP contribution < -0.4 is 10.6 Å². The van der Waals surface area contributed by atoms with E-state index < -0.39 is 17.4 Å². The number of rotatable bonds is 5. The molecule has 0 bridgehead atoms. The van der Waals surface area contributed by atoms with Crippen LogP contribution in [0.2, 0.25) is 0 Å². The van der Waals surface area contributed by atoms with Gasteiger partial charge in [0.25, 0.3) is 0 Å². The number of hydrogen-bond donors (Lipinski definition) is 3. The van der Waals surface area contributed by atoms with Crippen LogP contribution in [0.4, 0.5) is 4.79 Å². The Morgan fingerprint density at radius 1 is 1.62 bits per heavy atom. The minimum Gasteiger partial charge on any atom is -0.481 e. The van der Waals surface area contributed by atoms with Gasteiger partial charge in [0.1, 0.15) is 5.41 Å². The third-order valence-electron chi connectivity index (χ3n) is 3.54. The number of aryl methyl sites for hydroxylation is 1. The standard InChI is InChI=1S/C13H19N3O4S/c1-8-6-21-10(15-8)3-4-14-12(19)16-9-5-20-7-13(9,2)11(17)18/h6,9H,3-5,7H2,1-2H3,(H,17,18)(H2,14,16,19). The molecule has 0 spiro atoms. The molecule has 2 rings (SSSR count). The lowest BCUT2D eigenvalue weighted by Crippen LogP contribution is -2.52. The Kier molecular flexibility index (Phi) is 4.79. The van der Waals surface area contributed by atoms with Crippen molar-refractivity contribution in [3.8, 4) is 0 Å². The molecular formula is C13H19N3O4S. The fourth-order valence-electron chi connectivity index (χ4n) is 2.09. The summed E-state index contributed by atoms with van der Waals surface area (Å²) in [5.41, 5.74) is -0.108. The topological polar surface area (TPSA) is 101 Å². The molecule has 8 heteroatoms. The number of carbonyl (C=O) groups excluding carboxylic acids is 1. The van der Waals surface area contributed by atoms with Gasteiger partial charge in [-0.1, -0.05) is 0 Å². The van der Waals surface area contributed by atoms with Gasteiger partial charge in [-0.05, 0) is 13.8 Å². The summed E-state index contributed by atoms with van der Waals surface area (Å²) in [4.78, 5) is 27.4. The third kappa shape index (κ3) is 3.70. The van der Waals surface area contributed by atoms with E-state index in [0.29, 0.717) is 13.0 Å². The number of aliphatic carboxylic acids is 1. The highest BCUT2D eigenvalue weighted by Crippen LogP contribution is 2.28. The molecular weight excluding hydrogens is 294 g/mol. The van der Waals surface area contributed by atoms with Crippen molar-refractivity contribution in [2.75, 3.05) is 19.8 Å². The number of aromatic nitrogens is 1. The van der Waals surface area contributed by atoms with Crippen molar-refractivity contribution in [1.29, 1.82) is 0 Å². The molecule has 3 N–H and O–H groups in total. The number of amides is 2. The van der Waals surface area contributed by atoms with Crippen LogP contribution in [0.1, 0.15) is 17.6 Å². The molecule has 1 aromatic heterocycles. The fourth-order valence-corrected chi connectivity index (χ4v) is 2.87. The summed E-state index contributed by atoms with van der Waals surface area (Å²) in [6, 6.07) is -0.914. The molecule has 2 unspecified atom stereocenters. The second-order valence-corrected chi connectivity index (χ2v) is 6.27. The van der Waals surface area contributed by atoms with Gasteiger partial charge < -0.3 is 20.5 Å². The second-order valence-electron chi connectivity index (χ2n) is 5.32. The highest BCUT2D eigenvalue weighted by Gasteiger charge is 2.47. The molecule has 21 heavy (non-hydrogen) atoms. The Morgan fingerprint density at radius 3 is 3.00 bits per heavy atom. The maximum absolute atomic E-state index is 11.8. The predicted molar refractivity (Wildman–Crippen MR) is 77.4 cm³/mol. The van der Waals surface area contributed by atoms with Gasteiger partial charge in [-0.2, -0.15) is 0 Å². The van der Waals surface area contributed by atoms with Crippen LogP contribution in [-0.2, 0) is 16.0 Å². The average molecular weight is 313 g/mol. The molecule has 1 aromatic rings. The summed E-state index contributed by atoms with van der Waals surface area (Å²) in [5.74, 6) is -0.969. The molecule has 0 saturated carbocycles. The number of carbonyl (C=O) groups is 2. The van der Waals surface area contributed by atoms with E-state index in [4.69, 9.17) is 4.74 Å². The van der Waals surface area contributed by atoms with Gasteiger partial charge in [0.2, 0.25) is 0 Å². The minimum atomic E-state index is -1.08. The largest absolute Gasteiger partial charge is 0.481 e. The van der Waals surface area contributed by atoms with Crippen molar-refractivity contribution < 1.29 is 19.4 Å². The fraction of sp³-hybridized carbons (Fsp3) is 0.615. The number of hydrogen-bond acceptors (Lipinski definition) is 5. The maximum Gasteiger partial charge on any atom is 0.315 e. The lowest BCUT2D eigenvalue weighted by Gasteiger charge is -2.25. The second kappa shape index (κ2) is 6.40. The first-order valence-corrected chi connectivity index (χ1v) is 7.56. The summed E-state index contributed by atoms with van der Waals surface area (Å²) in [7, 11) is 0. The molecule has 2 atom stereocenters. The molecule has 7 nitrogen and oxygen atoms in total. The monoisotopic (exact) mass is 313 g/mol. The Balaban J connectivity index is 1.78. The molecule has 1 aliphatic heterocycles. The van der Waals surface area contributed by atoms with Crippen molar-refractivity contribution in [1.82, 2.24) is 15.6 Å². The van der Waals surface area contributed by atoms with Crippen molar-refractivity contribution in [3.05, 3.63) is 16.1 Å². The van der Waals surface area contributed by atoms with E-state index >= 15 is 0 Å². The summed E-state index contributed by atoms with van der Waals surface area (Å²) < 4.78 is 5.18. The summed E-state index contributed by atoms with van der Waals surface area (Å²) in [6.45, 7) is 4.27. The van der Waals surface area contributed by atoms with E-state index in [1.165, 1.54) is 0 Å². The van der Waals surface area contributed by atoms with Crippen LogP contribution in [0.5, 0.6) is 0 Å². The number of urea groups is 1. The molecule has 116 valence electrons. The zero-order valence-electron chi connectivity index (χ0n) is 12.0. The first-order chi connectivity index (χ1) is 9.91. The van der Waals surface area contributed by atoms with Gasteiger partial charge in [-0.25, -0.2) is 9.78 Å². The maximum atomic E-state index is 11.8. The molecule has 0 aliphatic carbocycles. The van der Waals surface area contributed by atoms with Crippen molar-refractivity contribution >= 4 is 23.3 Å². The van der Waals surface area contributed by atoms with E-state index in [1.54, 1.807) is 18.3 Å². The van der Waals surface area contributed by atoms with Crippen LogP contribution in [0.3, 0.4) is 0 Å². The van der Waals surface area contributed by atoms with Gasteiger partial charge in [0, 0.05) is 24.0 Å².